The molecule has 1 unspecified atom stereocenters. The first-order chi connectivity index (χ1) is 10.3. The molecule has 0 amide bonds. The minimum absolute atomic E-state index is 0.603. The molecule has 2 fully saturated rings. The Morgan fingerprint density at radius 3 is 2.86 bits per heavy atom. The van der Waals surface area contributed by atoms with E-state index in [2.05, 4.69) is 16.3 Å². The van der Waals surface area contributed by atoms with Gasteiger partial charge in [-0.05, 0) is 32.3 Å². The first-order valence-corrected chi connectivity index (χ1v) is 8.08. The summed E-state index contributed by atoms with van der Waals surface area (Å²) in [5.74, 6) is 1.70. The largest absolute Gasteiger partial charge is 0.493 e. The van der Waals surface area contributed by atoms with Gasteiger partial charge in [-0.25, -0.2) is 0 Å². The predicted molar refractivity (Wildman–Crippen MR) is 84.0 cm³/mol. The van der Waals surface area contributed by atoms with Crippen molar-refractivity contribution in [2.75, 3.05) is 26.8 Å². The highest BCUT2D eigenvalue weighted by Gasteiger charge is 2.34. The van der Waals surface area contributed by atoms with Crippen LogP contribution in [0, 0.1) is 0 Å². The number of hydrogen-bond donors (Lipinski definition) is 1. The molecule has 1 aliphatic carbocycles. The molecule has 2 aliphatic rings. The Labute approximate surface area is 127 Å². The number of likely N-dealkylation sites (tertiary alicyclic amines) is 1. The van der Waals surface area contributed by atoms with Crippen molar-refractivity contribution in [3.63, 3.8) is 0 Å². The molecule has 3 rings (SSSR count). The van der Waals surface area contributed by atoms with Crippen molar-refractivity contribution in [3.05, 3.63) is 23.8 Å². The highest BCUT2D eigenvalue weighted by atomic mass is 16.5. The second kappa shape index (κ2) is 6.67. The summed E-state index contributed by atoms with van der Waals surface area (Å²) in [7, 11) is 1.71. The van der Waals surface area contributed by atoms with Crippen molar-refractivity contribution in [1.29, 1.82) is 0 Å². The van der Waals surface area contributed by atoms with Crippen LogP contribution >= 0.6 is 0 Å². The van der Waals surface area contributed by atoms with Crippen LogP contribution in [0.1, 0.15) is 31.7 Å². The van der Waals surface area contributed by atoms with Crippen LogP contribution in [0.2, 0.25) is 0 Å². The van der Waals surface area contributed by atoms with Gasteiger partial charge in [-0.15, -0.1) is 0 Å². The summed E-state index contributed by atoms with van der Waals surface area (Å²) in [4.78, 5) is 2.63. The average molecular weight is 290 g/mol. The van der Waals surface area contributed by atoms with E-state index in [1.165, 1.54) is 37.9 Å². The molecule has 1 aromatic carbocycles. The summed E-state index contributed by atoms with van der Waals surface area (Å²) >= 11 is 0. The molecular formula is C17H26N2O2. The standard InChI is InChI=1S/C17H26N2O2/c1-3-21-16-6-4-5-13(17(16)20-2)11-18-14-9-10-19(12-14)15-7-8-15/h4-6,14-15,18H,3,7-12H2,1-2H3. The lowest BCUT2D eigenvalue weighted by atomic mass is 10.1. The molecule has 1 N–H and O–H groups in total. The quantitative estimate of drug-likeness (QED) is 0.836. The normalized spacial score (nSPS) is 22.5. The van der Waals surface area contributed by atoms with E-state index in [9.17, 15) is 0 Å². The van der Waals surface area contributed by atoms with Gasteiger partial charge in [0, 0.05) is 37.3 Å². The summed E-state index contributed by atoms with van der Waals surface area (Å²) in [5.41, 5.74) is 1.17. The third-order valence-corrected chi connectivity index (χ3v) is 4.43. The zero-order valence-electron chi connectivity index (χ0n) is 13.1. The predicted octanol–water partition coefficient (Wildman–Crippen LogP) is 2.42. The van der Waals surface area contributed by atoms with Crippen molar-refractivity contribution in [2.24, 2.45) is 0 Å². The third-order valence-electron chi connectivity index (χ3n) is 4.43. The molecule has 1 saturated heterocycles. The molecule has 21 heavy (non-hydrogen) atoms. The number of para-hydroxylation sites is 1. The first kappa shape index (κ1) is 14.7. The number of methoxy groups -OCH3 is 1. The zero-order chi connectivity index (χ0) is 14.7. The lowest BCUT2D eigenvalue weighted by molar-refractivity contribution is 0.307. The molecule has 1 heterocycles. The minimum Gasteiger partial charge on any atom is -0.493 e. The van der Waals surface area contributed by atoms with Crippen molar-refractivity contribution < 1.29 is 9.47 Å². The molecule has 0 spiro atoms. The van der Waals surface area contributed by atoms with Gasteiger partial charge in [0.2, 0.25) is 0 Å². The molecule has 1 aliphatic heterocycles. The Kier molecular flexibility index (Phi) is 4.66. The van der Waals surface area contributed by atoms with Gasteiger partial charge in [-0.2, -0.15) is 0 Å². The lowest BCUT2D eigenvalue weighted by Gasteiger charge is -2.18. The van der Waals surface area contributed by atoms with Crippen molar-refractivity contribution in [1.82, 2.24) is 10.2 Å². The van der Waals surface area contributed by atoms with Crippen molar-refractivity contribution in [3.8, 4) is 11.5 Å². The van der Waals surface area contributed by atoms with E-state index in [4.69, 9.17) is 9.47 Å². The third kappa shape index (κ3) is 3.50. The maximum absolute atomic E-state index is 5.64. The lowest BCUT2D eigenvalue weighted by Crippen LogP contribution is -2.33. The fraction of sp³-hybridized carbons (Fsp3) is 0.647. The van der Waals surface area contributed by atoms with Gasteiger partial charge in [0.05, 0.1) is 13.7 Å². The molecule has 1 atom stereocenters. The first-order valence-electron chi connectivity index (χ1n) is 8.08. The summed E-state index contributed by atoms with van der Waals surface area (Å²) in [6.45, 7) is 5.94. The Morgan fingerprint density at radius 2 is 2.14 bits per heavy atom. The van der Waals surface area contributed by atoms with Crippen LogP contribution in [0.4, 0.5) is 0 Å². The van der Waals surface area contributed by atoms with Crippen molar-refractivity contribution in [2.45, 2.75) is 44.8 Å². The van der Waals surface area contributed by atoms with E-state index >= 15 is 0 Å². The fourth-order valence-electron chi connectivity index (χ4n) is 3.18. The molecular weight excluding hydrogens is 264 g/mol. The molecule has 4 nitrogen and oxygen atoms in total. The Balaban J connectivity index is 1.58. The van der Waals surface area contributed by atoms with Crippen LogP contribution < -0.4 is 14.8 Å². The van der Waals surface area contributed by atoms with Gasteiger partial charge in [0.25, 0.3) is 0 Å². The summed E-state index contributed by atoms with van der Waals surface area (Å²) in [5, 5.41) is 3.68. The molecule has 1 saturated carbocycles. The highest BCUT2D eigenvalue weighted by Crippen LogP contribution is 2.32. The van der Waals surface area contributed by atoms with E-state index < -0.39 is 0 Å². The topological polar surface area (TPSA) is 33.7 Å². The number of ether oxygens (including phenoxy) is 2. The summed E-state index contributed by atoms with van der Waals surface area (Å²) < 4.78 is 11.2. The van der Waals surface area contributed by atoms with Gasteiger partial charge < -0.3 is 14.8 Å². The van der Waals surface area contributed by atoms with Gasteiger partial charge in [-0.1, -0.05) is 12.1 Å². The van der Waals surface area contributed by atoms with Crippen LogP contribution in [-0.4, -0.2) is 43.8 Å². The number of benzene rings is 1. The second-order valence-electron chi connectivity index (χ2n) is 5.97. The van der Waals surface area contributed by atoms with E-state index in [-0.39, 0.29) is 0 Å². The molecule has 116 valence electrons. The SMILES string of the molecule is CCOc1cccc(CNC2CCN(C3CC3)C2)c1OC. The molecule has 4 heteroatoms. The number of rotatable bonds is 7. The summed E-state index contributed by atoms with van der Waals surface area (Å²) in [6, 6.07) is 7.60. The minimum atomic E-state index is 0.603. The molecule has 0 bridgehead atoms. The van der Waals surface area contributed by atoms with E-state index in [0.717, 1.165) is 24.1 Å². The average Bonchev–Trinajstić information content (AvgIpc) is 3.24. The fourth-order valence-corrected chi connectivity index (χ4v) is 3.18. The van der Waals surface area contributed by atoms with Crippen LogP contribution in [0.3, 0.4) is 0 Å². The Bertz CT molecular complexity index is 474. The van der Waals surface area contributed by atoms with Gasteiger partial charge in [-0.3, -0.25) is 4.90 Å². The van der Waals surface area contributed by atoms with Crippen molar-refractivity contribution >= 4 is 0 Å². The maximum atomic E-state index is 5.64. The van der Waals surface area contributed by atoms with Crippen LogP contribution in [0.15, 0.2) is 18.2 Å². The zero-order valence-corrected chi connectivity index (χ0v) is 13.1. The van der Waals surface area contributed by atoms with E-state index in [1.54, 1.807) is 7.11 Å². The smallest absolute Gasteiger partial charge is 0.165 e. The maximum Gasteiger partial charge on any atom is 0.165 e. The highest BCUT2D eigenvalue weighted by molar-refractivity contribution is 5.46. The number of nitrogens with one attached hydrogen (secondary N) is 1. The number of hydrogen-bond acceptors (Lipinski definition) is 4. The Morgan fingerprint density at radius 1 is 1.29 bits per heavy atom. The van der Waals surface area contributed by atoms with Gasteiger partial charge >= 0.3 is 0 Å². The van der Waals surface area contributed by atoms with Crippen LogP contribution in [-0.2, 0) is 6.54 Å². The Hall–Kier alpha value is -1.26. The van der Waals surface area contributed by atoms with E-state index in [0.29, 0.717) is 12.6 Å². The van der Waals surface area contributed by atoms with Gasteiger partial charge in [0.15, 0.2) is 11.5 Å². The van der Waals surface area contributed by atoms with Crippen LogP contribution in [0.25, 0.3) is 0 Å². The van der Waals surface area contributed by atoms with Gasteiger partial charge in [0.1, 0.15) is 0 Å². The van der Waals surface area contributed by atoms with Crippen LogP contribution in [0.5, 0.6) is 11.5 Å². The second-order valence-corrected chi connectivity index (χ2v) is 5.97. The van der Waals surface area contributed by atoms with E-state index in [1.807, 2.05) is 19.1 Å². The molecule has 1 aromatic rings. The molecule has 0 aromatic heterocycles. The summed E-state index contributed by atoms with van der Waals surface area (Å²) in [6.07, 6.45) is 4.05. The number of nitrogens with zero attached hydrogens (tertiary/aromatic N) is 1. The monoisotopic (exact) mass is 290 g/mol. The molecule has 0 radical (unpaired) electrons.